The lowest BCUT2D eigenvalue weighted by molar-refractivity contribution is 0.131. The monoisotopic (exact) mass is 506 g/mol. The van der Waals surface area contributed by atoms with E-state index >= 15 is 0 Å². The fourth-order valence-corrected chi connectivity index (χ4v) is 4.99. The van der Waals surface area contributed by atoms with Gasteiger partial charge in [0.15, 0.2) is 11.5 Å². The Kier molecular flexibility index (Phi) is 7.92. The van der Waals surface area contributed by atoms with E-state index in [4.69, 9.17) is 21.1 Å². The average Bonchev–Trinajstić information content (AvgIpc) is 3.12. The highest BCUT2D eigenvalue weighted by molar-refractivity contribution is 7.80. The van der Waals surface area contributed by atoms with E-state index in [2.05, 4.69) is 10.2 Å². The summed E-state index contributed by atoms with van der Waals surface area (Å²) >= 11 is 3.62. The van der Waals surface area contributed by atoms with Crippen molar-refractivity contribution >= 4 is 34.2 Å². The van der Waals surface area contributed by atoms with Crippen LogP contribution in [0, 0.1) is 0 Å². The van der Waals surface area contributed by atoms with E-state index in [0.29, 0.717) is 30.5 Å². The number of rotatable bonds is 9. The van der Waals surface area contributed by atoms with Gasteiger partial charge < -0.3 is 28.5 Å². The molecule has 2 aliphatic rings. The van der Waals surface area contributed by atoms with E-state index < -0.39 is 11.3 Å². The van der Waals surface area contributed by atoms with Crippen LogP contribution in [0.15, 0.2) is 36.4 Å². The molecule has 2 aromatic carbocycles. The molecule has 0 saturated carbocycles. The molecule has 1 N–H and O–H groups in total. The third-order valence-electron chi connectivity index (χ3n) is 6.38. The summed E-state index contributed by atoms with van der Waals surface area (Å²) in [5, 5.41) is 4.35. The summed E-state index contributed by atoms with van der Waals surface area (Å²) < 4.78 is 36.3. The number of piperidine rings is 1. The molecule has 0 aromatic heterocycles. The van der Waals surface area contributed by atoms with Crippen molar-refractivity contribution in [1.29, 1.82) is 0 Å². The van der Waals surface area contributed by atoms with Gasteiger partial charge in [0.2, 0.25) is 0 Å². The predicted octanol–water partition coefficient (Wildman–Crippen LogP) is 4.63. The van der Waals surface area contributed by atoms with Crippen molar-refractivity contribution in [2.24, 2.45) is 0 Å². The van der Waals surface area contributed by atoms with E-state index in [1.165, 1.54) is 11.4 Å². The molecule has 186 valence electrons. The lowest BCUT2D eigenvalue weighted by atomic mass is 10.0. The van der Waals surface area contributed by atoms with Gasteiger partial charge in [-0.3, -0.25) is 4.21 Å². The van der Waals surface area contributed by atoms with Crippen molar-refractivity contribution in [3.8, 4) is 11.5 Å². The van der Waals surface area contributed by atoms with Gasteiger partial charge in [-0.05, 0) is 63.4 Å². The number of ether oxygens (including phenoxy) is 2. The van der Waals surface area contributed by atoms with Gasteiger partial charge in [-0.2, -0.15) is 0 Å². The van der Waals surface area contributed by atoms with Crippen LogP contribution in [0.1, 0.15) is 38.7 Å². The van der Waals surface area contributed by atoms with Gasteiger partial charge in [0.05, 0.1) is 12.3 Å². The van der Waals surface area contributed by atoms with Crippen LogP contribution in [-0.2, 0) is 17.7 Å². The van der Waals surface area contributed by atoms with E-state index in [9.17, 15) is 8.76 Å². The summed E-state index contributed by atoms with van der Waals surface area (Å²) in [4.78, 5) is 2.47. The minimum Gasteiger partial charge on any atom is -0.755 e. The fourth-order valence-electron chi connectivity index (χ4n) is 4.59. The molecule has 4 rings (SSSR count). The Hall–Kier alpha value is -2.00. The SMILES string of the molecule is CN(c1cc2c(c(OCCCN3CCC(Nc4ccc(Cl)cc4)CC3)c1)OC(C)(C)C2)S(=O)[O-]. The van der Waals surface area contributed by atoms with E-state index in [1.54, 1.807) is 6.07 Å². The lowest BCUT2D eigenvalue weighted by Gasteiger charge is -2.32. The van der Waals surface area contributed by atoms with Gasteiger partial charge in [-0.15, -0.1) is 0 Å². The normalized spacial score (nSPS) is 18.7. The smallest absolute Gasteiger partial charge is 0.165 e. The first-order chi connectivity index (χ1) is 16.2. The largest absolute Gasteiger partial charge is 0.755 e. The standard InChI is InChI=1S/C25H34ClN3O4S/c1-25(2)17-18-15-22(28(3)34(30)31)16-23(24(18)33-25)32-14-4-11-29-12-9-21(10-13-29)27-20-7-5-19(26)6-8-20/h5-8,15-16,21,27H,4,9-14,17H2,1-3H3,(H,30,31)/p-1. The topological polar surface area (TPSA) is 77.1 Å². The van der Waals surface area contributed by atoms with Gasteiger partial charge in [-0.25, -0.2) is 0 Å². The third kappa shape index (κ3) is 6.36. The Morgan fingerprint density at radius 2 is 1.97 bits per heavy atom. The first-order valence-electron chi connectivity index (χ1n) is 11.8. The number of nitrogens with zero attached hydrogens (tertiary/aromatic N) is 2. The minimum atomic E-state index is -2.34. The van der Waals surface area contributed by atoms with Crippen molar-refractivity contribution in [3.63, 3.8) is 0 Å². The van der Waals surface area contributed by atoms with Crippen molar-refractivity contribution in [3.05, 3.63) is 47.0 Å². The van der Waals surface area contributed by atoms with Gasteiger partial charge >= 0.3 is 0 Å². The molecule has 34 heavy (non-hydrogen) atoms. The first kappa shape index (κ1) is 25.1. The molecule has 7 nitrogen and oxygen atoms in total. The molecule has 9 heteroatoms. The van der Waals surface area contributed by atoms with Crippen LogP contribution in [0.3, 0.4) is 0 Å². The molecule has 2 aromatic rings. The molecule has 2 heterocycles. The highest BCUT2D eigenvalue weighted by Crippen LogP contribution is 2.44. The van der Waals surface area contributed by atoms with Crippen LogP contribution in [0.5, 0.6) is 11.5 Å². The number of fused-ring (bicyclic) bond motifs is 1. The molecule has 0 bridgehead atoms. The molecule has 1 atom stereocenters. The Morgan fingerprint density at radius 1 is 1.26 bits per heavy atom. The molecular weight excluding hydrogens is 474 g/mol. The number of halogens is 1. The molecule has 0 spiro atoms. The fraction of sp³-hybridized carbons (Fsp3) is 0.520. The number of benzene rings is 2. The zero-order valence-corrected chi connectivity index (χ0v) is 21.6. The molecule has 1 unspecified atom stereocenters. The molecule has 1 saturated heterocycles. The van der Waals surface area contributed by atoms with Gasteiger partial charge in [0.1, 0.15) is 5.60 Å². The number of likely N-dealkylation sites (tertiary alicyclic amines) is 1. The molecular formula is C25H33ClN3O4S-. The maximum atomic E-state index is 11.5. The van der Waals surface area contributed by atoms with Crippen LogP contribution in [0.4, 0.5) is 11.4 Å². The van der Waals surface area contributed by atoms with Crippen molar-refractivity contribution in [2.75, 3.05) is 42.9 Å². The van der Waals surface area contributed by atoms with Crippen LogP contribution in [0.2, 0.25) is 5.02 Å². The summed E-state index contributed by atoms with van der Waals surface area (Å²) in [5.74, 6) is 1.34. The highest BCUT2D eigenvalue weighted by Gasteiger charge is 2.33. The Labute approximate surface area is 209 Å². The Balaban J connectivity index is 1.26. The molecule has 0 radical (unpaired) electrons. The van der Waals surface area contributed by atoms with Crippen molar-refractivity contribution in [2.45, 2.75) is 51.2 Å². The zero-order valence-electron chi connectivity index (χ0n) is 20.0. The number of nitrogens with one attached hydrogen (secondary N) is 1. The number of anilines is 2. The Morgan fingerprint density at radius 3 is 2.65 bits per heavy atom. The predicted molar refractivity (Wildman–Crippen MR) is 137 cm³/mol. The maximum Gasteiger partial charge on any atom is 0.165 e. The second kappa shape index (κ2) is 10.7. The van der Waals surface area contributed by atoms with E-state index in [0.717, 1.165) is 60.9 Å². The summed E-state index contributed by atoms with van der Waals surface area (Å²) in [7, 11) is 1.53. The summed E-state index contributed by atoms with van der Waals surface area (Å²) in [5.41, 5.74) is 2.34. The minimum absolute atomic E-state index is 0.335. The maximum absolute atomic E-state index is 11.5. The molecule has 0 amide bonds. The average molecular weight is 507 g/mol. The number of hydrogen-bond acceptors (Lipinski definition) is 6. The van der Waals surface area contributed by atoms with Gasteiger partial charge in [-0.1, -0.05) is 11.6 Å². The van der Waals surface area contributed by atoms with Crippen LogP contribution >= 0.6 is 11.6 Å². The second-order valence-corrected chi connectivity index (χ2v) is 11.1. The number of hydrogen-bond donors (Lipinski definition) is 1. The first-order valence-corrected chi connectivity index (χ1v) is 13.2. The van der Waals surface area contributed by atoms with Crippen LogP contribution in [-0.4, -0.2) is 58.6 Å². The third-order valence-corrected chi connectivity index (χ3v) is 7.29. The van der Waals surface area contributed by atoms with Crippen LogP contribution in [0.25, 0.3) is 0 Å². The van der Waals surface area contributed by atoms with Crippen molar-refractivity contribution in [1.82, 2.24) is 4.90 Å². The summed E-state index contributed by atoms with van der Waals surface area (Å²) in [6.45, 7) is 7.66. The molecule has 2 aliphatic heterocycles. The van der Waals surface area contributed by atoms with Crippen LogP contribution < -0.4 is 19.1 Å². The quantitative estimate of drug-likeness (QED) is 0.394. The van der Waals surface area contributed by atoms with Gasteiger partial charge in [0.25, 0.3) is 0 Å². The lowest BCUT2D eigenvalue weighted by Crippen LogP contribution is -2.39. The molecule has 0 aliphatic carbocycles. The Bertz CT molecular complexity index is 1010. The molecule has 1 fully saturated rings. The van der Waals surface area contributed by atoms with E-state index in [-0.39, 0.29) is 5.60 Å². The van der Waals surface area contributed by atoms with Gasteiger partial charge in [0, 0.05) is 72.8 Å². The van der Waals surface area contributed by atoms with Crippen molar-refractivity contribution < 1.29 is 18.2 Å². The zero-order chi connectivity index (χ0) is 24.3. The summed E-state index contributed by atoms with van der Waals surface area (Å²) in [6, 6.07) is 12.0. The highest BCUT2D eigenvalue weighted by atomic mass is 35.5. The summed E-state index contributed by atoms with van der Waals surface area (Å²) in [6.07, 6.45) is 3.80. The second-order valence-electron chi connectivity index (χ2n) is 9.65. The van der Waals surface area contributed by atoms with E-state index in [1.807, 2.05) is 44.2 Å².